The summed E-state index contributed by atoms with van der Waals surface area (Å²) in [6, 6.07) is 13.3. The van der Waals surface area contributed by atoms with Crippen molar-refractivity contribution in [3.05, 3.63) is 70.8 Å². The minimum absolute atomic E-state index is 0.154. The largest absolute Gasteiger partial charge is 0.385 e. The number of hydrogen-bond donors (Lipinski definition) is 0. The number of benzene rings is 2. The minimum atomic E-state index is -0.763. The first-order chi connectivity index (χ1) is 15.5. The number of Topliss-reactive ketones (excluding diaryl/α,β-unsaturated/α-hetero) is 1. The maximum atomic E-state index is 13.7. The van der Waals surface area contributed by atoms with Crippen LogP contribution in [0.4, 0.5) is 5.69 Å². The van der Waals surface area contributed by atoms with Gasteiger partial charge in [0, 0.05) is 36.5 Å². The normalized spacial score (nSPS) is 25.7. The fourth-order valence-electron chi connectivity index (χ4n) is 5.27. The van der Waals surface area contributed by atoms with Gasteiger partial charge in [0.2, 0.25) is 11.8 Å². The number of nitrogens with zero attached hydrogens (tertiary/aromatic N) is 2. The topological polar surface area (TPSA) is 66.9 Å². The van der Waals surface area contributed by atoms with Crippen LogP contribution in [0.3, 0.4) is 0 Å². The van der Waals surface area contributed by atoms with Crippen LogP contribution in [-0.2, 0) is 14.3 Å². The number of likely N-dealkylation sites (tertiary alicyclic amines) is 1. The van der Waals surface area contributed by atoms with E-state index in [4.69, 9.17) is 16.3 Å². The average molecular weight is 451 g/mol. The second-order valence-corrected chi connectivity index (χ2v) is 8.80. The third-order valence-corrected chi connectivity index (χ3v) is 6.85. The van der Waals surface area contributed by atoms with Gasteiger partial charge in [-0.3, -0.25) is 19.3 Å². The molecule has 0 N–H and O–H groups in total. The number of imide groups is 1. The zero-order valence-electron chi connectivity index (χ0n) is 17.6. The summed E-state index contributed by atoms with van der Waals surface area (Å²) in [4.78, 5) is 43.9. The van der Waals surface area contributed by atoms with Gasteiger partial charge < -0.3 is 9.64 Å². The molecule has 0 aliphatic carbocycles. The predicted octanol–water partition coefficient (Wildman–Crippen LogP) is 3.44. The Morgan fingerprint density at radius 1 is 1.06 bits per heavy atom. The van der Waals surface area contributed by atoms with E-state index in [0.717, 1.165) is 11.3 Å². The van der Waals surface area contributed by atoms with Crippen LogP contribution in [0.5, 0.6) is 0 Å². The average Bonchev–Trinajstić information content (AvgIpc) is 3.27. The first-order valence-electron chi connectivity index (χ1n) is 10.7. The summed E-state index contributed by atoms with van der Waals surface area (Å²) in [5, 5.41) is 0.591. The van der Waals surface area contributed by atoms with Crippen LogP contribution in [0, 0.1) is 11.8 Å². The van der Waals surface area contributed by atoms with Crippen LogP contribution in [0.1, 0.15) is 22.3 Å². The van der Waals surface area contributed by atoms with Crippen molar-refractivity contribution < 1.29 is 19.1 Å². The molecule has 7 heteroatoms. The lowest BCUT2D eigenvalue weighted by Gasteiger charge is -2.36. The van der Waals surface area contributed by atoms with Crippen LogP contribution in [0.15, 0.2) is 54.6 Å². The molecule has 3 heterocycles. The number of carbonyl (C=O) groups excluding carboxylic acids is 3. The molecule has 0 saturated carbocycles. The Morgan fingerprint density at radius 2 is 1.81 bits per heavy atom. The summed E-state index contributed by atoms with van der Waals surface area (Å²) in [7, 11) is 1.59. The molecule has 2 aromatic rings. The molecule has 2 saturated heterocycles. The van der Waals surface area contributed by atoms with Gasteiger partial charge in [0.25, 0.3) is 0 Å². The van der Waals surface area contributed by atoms with Crippen LogP contribution < -0.4 is 4.90 Å². The van der Waals surface area contributed by atoms with E-state index in [1.807, 2.05) is 35.3 Å². The van der Waals surface area contributed by atoms with E-state index in [1.165, 1.54) is 4.90 Å². The smallest absolute Gasteiger partial charge is 0.235 e. The number of fused-ring (bicyclic) bond motifs is 5. The lowest BCUT2D eigenvalue weighted by atomic mass is 9.86. The fraction of sp³-hybridized carbons (Fsp3) is 0.320. The number of carbonyl (C=O) groups is 3. The van der Waals surface area contributed by atoms with Crippen molar-refractivity contribution in [2.45, 2.75) is 18.5 Å². The number of ketones is 1. The molecule has 0 unspecified atom stereocenters. The molecular formula is C25H23ClN2O4. The lowest BCUT2D eigenvalue weighted by Crippen LogP contribution is -2.48. The van der Waals surface area contributed by atoms with Gasteiger partial charge >= 0.3 is 0 Å². The minimum Gasteiger partial charge on any atom is -0.385 e. The zero-order valence-corrected chi connectivity index (χ0v) is 18.4. The Labute approximate surface area is 191 Å². The summed E-state index contributed by atoms with van der Waals surface area (Å²) in [6.45, 7) is 0.760. The van der Waals surface area contributed by atoms with E-state index >= 15 is 0 Å². The standard InChI is InChI=1S/C25H23ClN2O4/c1-32-13-5-12-27-24(30)20-19-10-8-16-14-17(26)9-11-18(16)28(19)22(21(20)25(27)31)23(29)15-6-3-2-4-7-15/h2-4,6-11,14,19-22H,5,12-13H2,1H3/t19-,20+,21+,22-/m1/s1. The van der Waals surface area contributed by atoms with Gasteiger partial charge in [-0.2, -0.15) is 0 Å². The number of anilines is 1. The zero-order chi connectivity index (χ0) is 22.4. The second-order valence-electron chi connectivity index (χ2n) is 8.36. The lowest BCUT2D eigenvalue weighted by molar-refractivity contribution is -0.140. The monoisotopic (exact) mass is 450 g/mol. The molecule has 2 fully saturated rings. The Kier molecular flexibility index (Phi) is 5.35. The second kappa shape index (κ2) is 8.19. The van der Waals surface area contributed by atoms with Crippen molar-refractivity contribution in [2.24, 2.45) is 11.8 Å². The SMILES string of the molecule is COCCCN1C(=O)[C@@H]2[C@H](C1=O)[C@H](C(=O)c1ccccc1)N1c3ccc(Cl)cc3C=C[C@H]21. The number of ether oxygens (including phenoxy) is 1. The van der Waals surface area contributed by atoms with E-state index < -0.39 is 17.9 Å². The third kappa shape index (κ3) is 3.17. The highest BCUT2D eigenvalue weighted by atomic mass is 35.5. The van der Waals surface area contributed by atoms with Crippen molar-refractivity contribution in [1.29, 1.82) is 0 Å². The molecule has 5 rings (SSSR count). The molecule has 2 aromatic carbocycles. The number of halogens is 1. The Balaban J connectivity index is 1.59. The van der Waals surface area contributed by atoms with E-state index in [9.17, 15) is 14.4 Å². The predicted molar refractivity (Wildman–Crippen MR) is 122 cm³/mol. The van der Waals surface area contributed by atoms with Gasteiger partial charge in [0.05, 0.1) is 17.9 Å². The summed E-state index contributed by atoms with van der Waals surface area (Å²) in [5.41, 5.74) is 2.22. The number of methoxy groups -OCH3 is 1. The third-order valence-electron chi connectivity index (χ3n) is 6.62. The molecule has 3 aliphatic rings. The van der Waals surface area contributed by atoms with Crippen molar-refractivity contribution in [3.8, 4) is 0 Å². The molecule has 0 spiro atoms. The van der Waals surface area contributed by atoms with Crippen molar-refractivity contribution in [3.63, 3.8) is 0 Å². The summed E-state index contributed by atoms with van der Waals surface area (Å²) in [6.07, 6.45) is 4.43. The first-order valence-corrected chi connectivity index (χ1v) is 11.1. The quantitative estimate of drug-likeness (QED) is 0.383. The van der Waals surface area contributed by atoms with Gasteiger partial charge in [-0.25, -0.2) is 0 Å². The van der Waals surface area contributed by atoms with Crippen molar-refractivity contribution in [1.82, 2.24) is 4.90 Å². The first kappa shape index (κ1) is 20.9. The van der Waals surface area contributed by atoms with Crippen molar-refractivity contribution in [2.75, 3.05) is 25.2 Å². The molecule has 2 amide bonds. The van der Waals surface area contributed by atoms with Crippen molar-refractivity contribution >= 4 is 41.0 Å². The maximum absolute atomic E-state index is 13.7. The molecular weight excluding hydrogens is 428 g/mol. The molecule has 32 heavy (non-hydrogen) atoms. The summed E-state index contributed by atoms with van der Waals surface area (Å²) in [5.74, 6) is -1.96. The molecule has 4 atom stereocenters. The molecule has 164 valence electrons. The Morgan fingerprint density at radius 3 is 2.56 bits per heavy atom. The van der Waals surface area contributed by atoms with E-state index in [2.05, 4.69) is 0 Å². The number of amides is 2. The molecule has 6 nitrogen and oxygen atoms in total. The maximum Gasteiger partial charge on any atom is 0.235 e. The molecule has 0 aromatic heterocycles. The molecule has 0 radical (unpaired) electrons. The van der Waals surface area contributed by atoms with E-state index in [0.29, 0.717) is 30.2 Å². The van der Waals surface area contributed by atoms with Gasteiger partial charge in [-0.1, -0.05) is 54.1 Å². The highest BCUT2D eigenvalue weighted by Crippen LogP contribution is 2.49. The summed E-state index contributed by atoms with van der Waals surface area (Å²) >= 11 is 6.19. The van der Waals surface area contributed by atoms with Gasteiger partial charge in [-0.05, 0) is 30.2 Å². The Bertz CT molecular complexity index is 1120. The Hall–Kier alpha value is -2.96. The highest BCUT2D eigenvalue weighted by molar-refractivity contribution is 6.30. The highest BCUT2D eigenvalue weighted by Gasteiger charge is 2.63. The molecule has 0 bridgehead atoms. The number of rotatable bonds is 6. The van der Waals surface area contributed by atoms with Crippen LogP contribution >= 0.6 is 11.6 Å². The van der Waals surface area contributed by atoms with E-state index in [1.54, 1.807) is 37.4 Å². The fourth-order valence-corrected chi connectivity index (χ4v) is 5.45. The molecule has 3 aliphatic heterocycles. The van der Waals surface area contributed by atoms with Gasteiger partial charge in [-0.15, -0.1) is 0 Å². The van der Waals surface area contributed by atoms with Gasteiger partial charge in [0.15, 0.2) is 5.78 Å². The van der Waals surface area contributed by atoms with Crippen LogP contribution in [-0.4, -0.2) is 54.8 Å². The number of hydrogen-bond acceptors (Lipinski definition) is 5. The van der Waals surface area contributed by atoms with Crippen LogP contribution in [0.25, 0.3) is 6.08 Å². The van der Waals surface area contributed by atoms with Gasteiger partial charge in [0.1, 0.15) is 6.04 Å². The van der Waals surface area contributed by atoms with E-state index in [-0.39, 0.29) is 23.6 Å². The van der Waals surface area contributed by atoms with Crippen LogP contribution in [0.2, 0.25) is 5.02 Å². The summed E-state index contributed by atoms with van der Waals surface area (Å²) < 4.78 is 5.08.